The monoisotopic (exact) mass is 301 g/mol. The Morgan fingerprint density at radius 2 is 2.14 bits per heavy atom. The first kappa shape index (κ1) is 15.6. The zero-order valence-corrected chi connectivity index (χ0v) is 12.5. The van der Waals surface area contributed by atoms with Crippen molar-refractivity contribution in [2.45, 2.75) is 19.4 Å². The predicted octanol–water partition coefficient (Wildman–Crippen LogP) is 1.59. The van der Waals surface area contributed by atoms with Crippen LogP contribution in [-0.2, 0) is 18.3 Å². The lowest BCUT2D eigenvalue weighted by molar-refractivity contribution is -0.117. The number of hydrogen-bond acceptors (Lipinski definition) is 4. The van der Waals surface area contributed by atoms with Gasteiger partial charge in [-0.3, -0.25) is 9.48 Å². The van der Waals surface area contributed by atoms with Crippen LogP contribution in [0.4, 0.5) is 0 Å². The second kappa shape index (κ2) is 6.80. The van der Waals surface area contributed by atoms with Crippen molar-refractivity contribution < 1.29 is 15.0 Å². The topological polar surface area (TPSA) is 87.4 Å². The second-order valence-electron chi connectivity index (χ2n) is 5.15. The molecule has 1 aromatic heterocycles. The van der Waals surface area contributed by atoms with Gasteiger partial charge in [-0.05, 0) is 43.2 Å². The summed E-state index contributed by atoms with van der Waals surface area (Å²) in [5, 5.41) is 25.6. The Hall–Kier alpha value is -2.76. The van der Waals surface area contributed by atoms with Crippen molar-refractivity contribution in [3.63, 3.8) is 0 Å². The number of phenolic OH excluding ortho intramolecular Hbond substituents is 2. The van der Waals surface area contributed by atoms with Gasteiger partial charge in [-0.25, -0.2) is 0 Å². The number of amides is 1. The Bertz CT molecular complexity index is 692. The lowest BCUT2D eigenvalue weighted by Crippen LogP contribution is -2.32. The molecule has 22 heavy (non-hydrogen) atoms. The van der Waals surface area contributed by atoms with E-state index in [1.807, 2.05) is 13.0 Å². The summed E-state index contributed by atoms with van der Waals surface area (Å²) in [6.45, 7) is 1.87. The quantitative estimate of drug-likeness (QED) is 0.578. The van der Waals surface area contributed by atoms with Gasteiger partial charge < -0.3 is 15.5 Å². The highest BCUT2D eigenvalue weighted by atomic mass is 16.3. The number of aryl methyl sites for hydroxylation is 1. The molecule has 1 atom stereocenters. The molecule has 0 radical (unpaired) electrons. The Morgan fingerprint density at radius 1 is 1.36 bits per heavy atom. The fourth-order valence-electron chi connectivity index (χ4n) is 2.10. The van der Waals surface area contributed by atoms with Crippen molar-refractivity contribution in [3.05, 3.63) is 47.8 Å². The molecule has 0 saturated heterocycles. The molecule has 116 valence electrons. The minimum Gasteiger partial charge on any atom is -0.504 e. The van der Waals surface area contributed by atoms with Gasteiger partial charge in [0.15, 0.2) is 11.5 Å². The third-order valence-electron chi connectivity index (χ3n) is 3.23. The highest BCUT2D eigenvalue weighted by molar-refractivity contribution is 5.91. The van der Waals surface area contributed by atoms with E-state index < -0.39 is 0 Å². The number of carbonyl (C=O) groups is 1. The molecule has 0 aliphatic rings. The Morgan fingerprint density at radius 3 is 2.77 bits per heavy atom. The molecule has 1 amide bonds. The molecule has 3 N–H and O–H groups in total. The molecule has 0 bridgehead atoms. The minimum absolute atomic E-state index is 0.104. The van der Waals surface area contributed by atoms with E-state index >= 15 is 0 Å². The van der Waals surface area contributed by atoms with Crippen molar-refractivity contribution in [1.29, 1.82) is 0 Å². The summed E-state index contributed by atoms with van der Waals surface area (Å²) in [5.74, 6) is -0.511. The molecule has 0 saturated carbocycles. The van der Waals surface area contributed by atoms with E-state index in [-0.39, 0.29) is 23.4 Å². The number of rotatable bonds is 5. The summed E-state index contributed by atoms with van der Waals surface area (Å²) in [6.07, 6.45) is 5.37. The van der Waals surface area contributed by atoms with Gasteiger partial charge in [0.1, 0.15) is 0 Å². The van der Waals surface area contributed by atoms with Crippen LogP contribution in [0.15, 0.2) is 36.5 Å². The normalized spacial score (nSPS) is 12.5. The van der Waals surface area contributed by atoms with Gasteiger partial charge in [-0.15, -0.1) is 0 Å². The minimum atomic E-state index is -0.197. The van der Waals surface area contributed by atoms with E-state index in [4.69, 9.17) is 0 Å². The number of phenols is 2. The lowest BCUT2D eigenvalue weighted by Gasteiger charge is -2.13. The first-order chi connectivity index (χ1) is 10.5. The summed E-state index contributed by atoms with van der Waals surface area (Å²) < 4.78 is 1.67. The molecular weight excluding hydrogens is 282 g/mol. The van der Waals surface area contributed by atoms with Gasteiger partial charge in [-0.1, -0.05) is 6.07 Å². The Labute approximate surface area is 128 Å². The predicted molar refractivity (Wildman–Crippen MR) is 83.3 cm³/mol. The maximum atomic E-state index is 11.9. The number of hydrogen-bond donors (Lipinski definition) is 3. The molecule has 2 aromatic rings. The molecule has 1 unspecified atom stereocenters. The Balaban J connectivity index is 1.89. The van der Waals surface area contributed by atoms with E-state index in [0.717, 1.165) is 11.3 Å². The summed E-state index contributed by atoms with van der Waals surface area (Å²) in [5.41, 5.74) is 1.67. The third-order valence-corrected chi connectivity index (χ3v) is 3.23. The highest BCUT2D eigenvalue weighted by Gasteiger charge is 2.08. The molecule has 2 rings (SSSR count). The summed E-state index contributed by atoms with van der Waals surface area (Å²) in [4.78, 5) is 11.9. The smallest absolute Gasteiger partial charge is 0.244 e. The number of aromatic hydroxyl groups is 2. The largest absolute Gasteiger partial charge is 0.504 e. The molecule has 0 aliphatic heterocycles. The van der Waals surface area contributed by atoms with Gasteiger partial charge in [0, 0.05) is 25.4 Å². The summed E-state index contributed by atoms with van der Waals surface area (Å²) >= 11 is 0. The van der Waals surface area contributed by atoms with Crippen LogP contribution in [0.1, 0.15) is 18.2 Å². The number of nitrogens with zero attached hydrogens (tertiary/aromatic N) is 2. The fraction of sp³-hybridized carbons (Fsp3) is 0.250. The summed E-state index contributed by atoms with van der Waals surface area (Å²) in [7, 11) is 1.80. The maximum Gasteiger partial charge on any atom is 0.244 e. The van der Waals surface area contributed by atoms with Gasteiger partial charge in [0.25, 0.3) is 0 Å². The maximum absolute atomic E-state index is 11.9. The molecule has 0 spiro atoms. The molecule has 6 heteroatoms. The standard InChI is InChI=1S/C16H19N3O3/c1-11(9-12-3-5-14(20)15(21)10-12)18-16(22)6-4-13-7-8-17-19(13)2/h3-8,10-11,20-21H,9H2,1-2H3,(H,18,22)/b6-4+. The number of aromatic nitrogens is 2. The zero-order chi connectivity index (χ0) is 16.1. The number of benzene rings is 1. The van der Waals surface area contributed by atoms with Crippen LogP contribution in [-0.4, -0.2) is 31.9 Å². The SMILES string of the molecule is CC(Cc1ccc(O)c(O)c1)NC(=O)/C=C/c1ccnn1C. The zero-order valence-electron chi connectivity index (χ0n) is 12.5. The van der Waals surface area contributed by atoms with Gasteiger partial charge >= 0.3 is 0 Å². The fourth-order valence-corrected chi connectivity index (χ4v) is 2.10. The average Bonchev–Trinajstić information content (AvgIpc) is 2.86. The van der Waals surface area contributed by atoms with Crippen LogP contribution >= 0.6 is 0 Å². The lowest BCUT2D eigenvalue weighted by atomic mass is 10.1. The van der Waals surface area contributed by atoms with Gasteiger partial charge in [0.05, 0.1) is 5.69 Å². The summed E-state index contributed by atoms with van der Waals surface area (Å²) in [6, 6.07) is 6.34. The van der Waals surface area contributed by atoms with Gasteiger partial charge in [-0.2, -0.15) is 5.10 Å². The number of carbonyl (C=O) groups excluding carboxylic acids is 1. The third kappa shape index (κ3) is 4.12. The molecule has 6 nitrogen and oxygen atoms in total. The van der Waals surface area contributed by atoms with Crippen LogP contribution in [0.3, 0.4) is 0 Å². The van der Waals surface area contributed by atoms with Crippen LogP contribution in [0.5, 0.6) is 11.5 Å². The van der Waals surface area contributed by atoms with Crippen LogP contribution in [0, 0.1) is 0 Å². The van der Waals surface area contributed by atoms with Crippen molar-refractivity contribution in [2.24, 2.45) is 7.05 Å². The van der Waals surface area contributed by atoms with Crippen molar-refractivity contribution in [3.8, 4) is 11.5 Å². The van der Waals surface area contributed by atoms with Crippen LogP contribution in [0.2, 0.25) is 0 Å². The molecule has 1 heterocycles. The Kier molecular flexibility index (Phi) is 4.83. The van der Waals surface area contributed by atoms with Gasteiger partial charge in [0.2, 0.25) is 5.91 Å². The van der Waals surface area contributed by atoms with Crippen molar-refractivity contribution in [2.75, 3.05) is 0 Å². The highest BCUT2D eigenvalue weighted by Crippen LogP contribution is 2.25. The van der Waals surface area contributed by atoms with Crippen LogP contribution in [0.25, 0.3) is 6.08 Å². The van der Waals surface area contributed by atoms with E-state index in [9.17, 15) is 15.0 Å². The average molecular weight is 301 g/mol. The number of nitrogens with one attached hydrogen (secondary N) is 1. The van der Waals surface area contributed by atoms with E-state index in [2.05, 4.69) is 10.4 Å². The van der Waals surface area contributed by atoms with E-state index in [0.29, 0.717) is 6.42 Å². The first-order valence-corrected chi connectivity index (χ1v) is 6.93. The molecule has 1 aromatic carbocycles. The molecular formula is C16H19N3O3. The second-order valence-corrected chi connectivity index (χ2v) is 5.15. The van der Waals surface area contributed by atoms with E-state index in [1.54, 1.807) is 30.1 Å². The molecule has 0 aliphatic carbocycles. The van der Waals surface area contributed by atoms with Crippen LogP contribution < -0.4 is 5.32 Å². The van der Waals surface area contributed by atoms with Crippen molar-refractivity contribution in [1.82, 2.24) is 15.1 Å². The van der Waals surface area contributed by atoms with Crippen molar-refractivity contribution >= 4 is 12.0 Å². The first-order valence-electron chi connectivity index (χ1n) is 6.93. The van der Waals surface area contributed by atoms with E-state index in [1.165, 1.54) is 18.2 Å². The molecule has 0 fully saturated rings.